The summed E-state index contributed by atoms with van der Waals surface area (Å²) in [6.45, 7) is -2.98. The van der Waals surface area contributed by atoms with Crippen LogP contribution in [-0.2, 0) is 9.53 Å². The van der Waals surface area contributed by atoms with Crippen molar-refractivity contribution < 1.29 is 23.0 Å². The second-order valence-electron chi connectivity index (χ2n) is 4.35. The highest BCUT2D eigenvalue weighted by molar-refractivity contribution is 9.11. The fourth-order valence-electron chi connectivity index (χ4n) is 1.91. The Morgan fingerprint density at radius 3 is 2.74 bits per heavy atom. The monoisotopic (exact) mass is 399 g/mol. The predicted molar refractivity (Wildman–Crippen MR) is 85.7 cm³/mol. The molecule has 1 aromatic carbocycles. The highest BCUT2D eigenvalue weighted by Gasteiger charge is 2.27. The van der Waals surface area contributed by atoms with Crippen molar-refractivity contribution in [3.05, 3.63) is 56.3 Å². The average Bonchev–Trinajstić information content (AvgIpc) is 3.06. The van der Waals surface area contributed by atoms with E-state index in [0.717, 1.165) is 8.66 Å². The van der Waals surface area contributed by atoms with Gasteiger partial charge in [-0.25, -0.2) is 9.79 Å². The summed E-state index contributed by atoms with van der Waals surface area (Å²) in [6.07, 6.45) is 1.57. The Bertz CT molecular complexity index is 817. The molecular weight excluding hydrogens is 392 g/mol. The zero-order valence-electron chi connectivity index (χ0n) is 11.3. The Kier molecular flexibility index (Phi) is 4.53. The molecule has 0 aliphatic carbocycles. The van der Waals surface area contributed by atoms with Gasteiger partial charge in [-0.15, -0.1) is 11.3 Å². The van der Waals surface area contributed by atoms with Gasteiger partial charge in [-0.05, 0) is 46.3 Å². The lowest BCUT2D eigenvalue weighted by molar-refractivity contribution is -0.129. The molecular formula is C15H8BrF2NO3S. The number of esters is 1. The van der Waals surface area contributed by atoms with Gasteiger partial charge >= 0.3 is 12.6 Å². The van der Waals surface area contributed by atoms with Crippen LogP contribution in [0.5, 0.6) is 5.75 Å². The average molecular weight is 400 g/mol. The zero-order valence-corrected chi connectivity index (χ0v) is 13.7. The van der Waals surface area contributed by atoms with E-state index >= 15 is 0 Å². The topological polar surface area (TPSA) is 47.9 Å². The minimum Gasteiger partial charge on any atom is -0.434 e. The van der Waals surface area contributed by atoms with E-state index in [1.807, 2.05) is 12.1 Å². The highest BCUT2D eigenvalue weighted by Crippen LogP contribution is 2.28. The number of hydrogen-bond donors (Lipinski definition) is 0. The van der Waals surface area contributed by atoms with Crippen molar-refractivity contribution in [2.24, 2.45) is 4.99 Å². The van der Waals surface area contributed by atoms with E-state index in [1.165, 1.54) is 23.5 Å². The van der Waals surface area contributed by atoms with Crippen LogP contribution in [0.25, 0.3) is 6.08 Å². The van der Waals surface area contributed by atoms with Gasteiger partial charge in [0.2, 0.25) is 5.90 Å². The third kappa shape index (κ3) is 3.65. The summed E-state index contributed by atoms with van der Waals surface area (Å²) >= 11 is 4.75. The van der Waals surface area contributed by atoms with E-state index in [4.69, 9.17) is 4.74 Å². The Morgan fingerprint density at radius 2 is 2.04 bits per heavy atom. The first-order valence-corrected chi connectivity index (χ1v) is 7.96. The van der Waals surface area contributed by atoms with Gasteiger partial charge < -0.3 is 9.47 Å². The first kappa shape index (κ1) is 15.8. The van der Waals surface area contributed by atoms with Gasteiger partial charge in [-0.2, -0.15) is 8.78 Å². The number of ether oxygens (including phenoxy) is 2. The minimum atomic E-state index is -2.98. The number of cyclic esters (lactones) is 1. The Morgan fingerprint density at radius 1 is 1.26 bits per heavy atom. The van der Waals surface area contributed by atoms with Crippen LogP contribution >= 0.6 is 27.3 Å². The molecule has 8 heteroatoms. The molecule has 1 aromatic heterocycles. The van der Waals surface area contributed by atoms with Crippen LogP contribution in [0.1, 0.15) is 10.4 Å². The predicted octanol–water partition coefficient (Wildman–Crippen LogP) is 4.46. The van der Waals surface area contributed by atoms with E-state index in [0.29, 0.717) is 0 Å². The summed E-state index contributed by atoms with van der Waals surface area (Å²) in [5, 5.41) is 0. The summed E-state index contributed by atoms with van der Waals surface area (Å²) in [5.74, 6) is -0.807. The van der Waals surface area contributed by atoms with Crippen LogP contribution in [0.2, 0.25) is 0 Å². The molecule has 0 fully saturated rings. The fourth-order valence-corrected chi connectivity index (χ4v) is 3.27. The number of carbonyl (C=O) groups is 1. The smallest absolute Gasteiger partial charge is 0.387 e. The first-order valence-electron chi connectivity index (χ1n) is 6.35. The van der Waals surface area contributed by atoms with Gasteiger partial charge in [-0.3, -0.25) is 0 Å². The van der Waals surface area contributed by atoms with Crippen LogP contribution in [-0.4, -0.2) is 18.5 Å². The molecule has 0 saturated carbocycles. The molecule has 0 N–H and O–H groups in total. The van der Waals surface area contributed by atoms with E-state index in [1.54, 1.807) is 18.2 Å². The van der Waals surface area contributed by atoms with Gasteiger partial charge in [0.25, 0.3) is 0 Å². The minimum absolute atomic E-state index is 0.0619. The number of hydrogen-bond acceptors (Lipinski definition) is 5. The molecule has 0 saturated heterocycles. The normalized spacial score (nSPS) is 15.9. The number of nitrogens with zero attached hydrogens (tertiary/aromatic N) is 1. The molecule has 118 valence electrons. The molecule has 3 rings (SSSR count). The van der Waals surface area contributed by atoms with E-state index in [2.05, 4.69) is 25.7 Å². The Hall–Kier alpha value is -2.06. The molecule has 4 nitrogen and oxygen atoms in total. The second-order valence-corrected chi connectivity index (χ2v) is 6.85. The number of carbonyl (C=O) groups excluding carboxylic acids is 1. The van der Waals surface area contributed by atoms with E-state index < -0.39 is 12.6 Å². The van der Waals surface area contributed by atoms with Crippen molar-refractivity contribution in [2.45, 2.75) is 6.61 Å². The van der Waals surface area contributed by atoms with Crippen molar-refractivity contribution >= 4 is 45.2 Å². The van der Waals surface area contributed by atoms with Crippen molar-refractivity contribution in [2.75, 3.05) is 0 Å². The van der Waals surface area contributed by atoms with Crippen molar-refractivity contribution in [1.29, 1.82) is 0 Å². The maximum atomic E-state index is 12.4. The van der Waals surface area contributed by atoms with Crippen LogP contribution < -0.4 is 4.74 Å². The van der Waals surface area contributed by atoms with Gasteiger partial charge in [0.1, 0.15) is 5.75 Å². The summed E-state index contributed by atoms with van der Waals surface area (Å²) in [5.41, 5.74) is 0.290. The zero-order chi connectivity index (χ0) is 16.4. The van der Waals surface area contributed by atoms with Crippen LogP contribution in [0.15, 0.2) is 50.9 Å². The van der Waals surface area contributed by atoms with Crippen molar-refractivity contribution in [1.82, 2.24) is 0 Å². The molecule has 0 amide bonds. The first-order chi connectivity index (χ1) is 11.0. The molecule has 0 spiro atoms. The molecule has 2 aromatic rings. The summed E-state index contributed by atoms with van der Waals surface area (Å²) in [7, 11) is 0. The van der Waals surface area contributed by atoms with Crippen LogP contribution in [0.4, 0.5) is 8.78 Å². The van der Waals surface area contributed by atoms with Crippen LogP contribution in [0.3, 0.4) is 0 Å². The molecule has 23 heavy (non-hydrogen) atoms. The number of benzene rings is 1. The Labute approximate surface area is 142 Å². The van der Waals surface area contributed by atoms with Crippen molar-refractivity contribution in [3.8, 4) is 5.75 Å². The molecule has 0 atom stereocenters. The quantitative estimate of drug-likeness (QED) is 0.563. The second kappa shape index (κ2) is 6.59. The maximum Gasteiger partial charge on any atom is 0.387 e. The van der Waals surface area contributed by atoms with E-state index in [9.17, 15) is 13.6 Å². The van der Waals surface area contributed by atoms with Gasteiger partial charge in [0.05, 0.1) is 9.35 Å². The number of aliphatic imine (C=N–C) groups is 1. The summed E-state index contributed by atoms with van der Waals surface area (Å²) in [4.78, 5) is 16.8. The third-order valence-electron chi connectivity index (χ3n) is 2.83. The Balaban J connectivity index is 1.94. The lowest BCUT2D eigenvalue weighted by Gasteiger charge is -2.08. The van der Waals surface area contributed by atoms with Crippen molar-refractivity contribution in [3.63, 3.8) is 0 Å². The van der Waals surface area contributed by atoms with Gasteiger partial charge in [-0.1, -0.05) is 12.1 Å². The van der Waals surface area contributed by atoms with E-state index in [-0.39, 0.29) is 22.9 Å². The molecule has 0 radical (unpaired) electrons. The molecule has 0 bridgehead atoms. The maximum absolute atomic E-state index is 12.4. The number of para-hydroxylation sites is 1. The van der Waals surface area contributed by atoms with Crippen LogP contribution in [0, 0.1) is 0 Å². The number of thiophene rings is 1. The summed E-state index contributed by atoms with van der Waals surface area (Å²) < 4.78 is 35.3. The molecule has 1 aliphatic rings. The SMILES string of the molecule is O=C1OC(c2ccccc2OC(F)F)=N/C1=C\c1ccc(Br)s1. The standard InChI is InChI=1S/C15H8BrF2NO3S/c16-12-6-5-8(23-12)7-10-14(20)22-13(19-10)9-3-1-2-4-11(9)21-15(17)18/h1-7,15H/b10-7-. The third-order valence-corrected chi connectivity index (χ3v) is 4.40. The lowest BCUT2D eigenvalue weighted by atomic mass is 10.2. The largest absolute Gasteiger partial charge is 0.434 e. The number of rotatable bonds is 4. The van der Waals surface area contributed by atoms with Gasteiger partial charge in [0.15, 0.2) is 5.70 Å². The number of alkyl halides is 2. The van der Waals surface area contributed by atoms with Gasteiger partial charge in [0, 0.05) is 4.88 Å². The summed E-state index contributed by atoms with van der Waals surface area (Å²) in [6, 6.07) is 9.66. The molecule has 2 heterocycles. The number of halogens is 3. The lowest BCUT2D eigenvalue weighted by Crippen LogP contribution is -2.10. The fraction of sp³-hybridized carbons (Fsp3) is 0.0667. The molecule has 0 unspecified atom stereocenters. The molecule has 1 aliphatic heterocycles. The highest BCUT2D eigenvalue weighted by atomic mass is 79.9.